The van der Waals surface area contributed by atoms with Gasteiger partial charge in [-0.15, -0.1) is 0 Å². The quantitative estimate of drug-likeness (QED) is 0.748. The molecule has 116 valence electrons. The summed E-state index contributed by atoms with van der Waals surface area (Å²) in [5.74, 6) is 0.0714. The van der Waals surface area contributed by atoms with Crippen molar-refractivity contribution in [3.63, 3.8) is 0 Å². The summed E-state index contributed by atoms with van der Waals surface area (Å²) in [7, 11) is 0. The van der Waals surface area contributed by atoms with E-state index in [4.69, 9.17) is 9.84 Å². The van der Waals surface area contributed by atoms with Gasteiger partial charge in [0.2, 0.25) is 0 Å². The molecular weight excluding hydrogens is 266 g/mol. The van der Waals surface area contributed by atoms with Crippen LogP contribution in [0.25, 0.3) is 0 Å². The number of hydrogen-bond acceptors (Lipinski definition) is 3. The van der Waals surface area contributed by atoms with E-state index < -0.39 is 5.97 Å². The fourth-order valence-corrected chi connectivity index (χ4v) is 2.74. The highest BCUT2D eigenvalue weighted by atomic mass is 16.5. The predicted molar refractivity (Wildman–Crippen MR) is 83.8 cm³/mol. The Morgan fingerprint density at radius 2 is 2.00 bits per heavy atom. The molecule has 0 heterocycles. The number of aliphatic carboxylic acids is 1. The summed E-state index contributed by atoms with van der Waals surface area (Å²) in [4.78, 5) is 11.0. The van der Waals surface area contributed by atoms with Gasteiger partial charge in [0.1, 0.15) is 5.75 Å². The van der Waals surface area contributed by atoms with Gasteiger partial charge in [-0.3, -0.25) is 4.79 Å². The predicted octanol–water partition coefficient (Wildman–Crippen LogP) is 3.92. The number of carbonyl (C=O) groups is 1. The van der Waals surface area contributed by atoms with Crippen molar-refractivity contribution in [1.29, 1.82) is 0 Å². The third kappa shape index (κ3) is 4.66. The topological polar surface area (TPSA) is 58.6 Å². The fourth-order valence-electron chi connectivity index (χ4n) is 2.74. The van der Waals surface area contributed by atoms with Crippen molar-refractivity contribution in [2.75, 3.05) is 11.9 Å². The largest absolute Gasteiger partial charge is 0.491 e. The van der Waals surface area contributed by atoms with Crippen molar-refractivity contribution in [2.24, 2.45) is 5.92 Å². The van der Waals surface area contributed by atoms with Gasteiger partial charge in [0.15, 0.2) is 0 Å². The van der Waals surface area contributed by atoms with Gasteiger partial charge >= 0.3 is 5.97 Å². The molecule has 4 heteroatoms. The Morgan fingerprint density at radius 3 is 2.67 bits per heavy atom. The van der Waals surface area contributed by atoms with Crippen molar-refractivity contribution < 1.29 is 14.6 Å². The lowest BCUT2D eigenvalue weighted by molar-refractivity contribution is -0.142. The van der Waals surface area contributed by atoms with E-state index in [-0.39, 0.29) is 5.92 Å². The minimum absolute atomic E-state index is 0.168. The molecule has 4 nitrogen and oxygen atoms in total. The molecule has 1 aliphatic carbocycles. The molecule has 1 saturated carbocycles. The van der Waals surface area contributed by atoms with E-state index in [1.807, 2.05) is 24.3 Å². The van der Waals surface area contributed by atoms with Gasteiger partial charge in [-0.05, 0) is 44.2 Å². The summed E-state index contributed by atoms with van der Waals surface area (Å²) in [6.07, 6.45) is 5.49. The molecule has 0 saturated heterocycles. The van der Waals surface area contributed by atoms with E-state index in [2.05, 4.69) is 12.2 Å². The molecule has 0 aliphatic heterocycles. The van der Waals surface area contributed by atoms with Crippen LogP contribution in [0.1, 0.15) is 45.4 Å². The SMILES string of the molecule is CCCCOc1ccccc1NC1CCC(C(=O)O)CC1. The second-order valence-corrected chi connectivity index (χ2v) is 5.73. The van der Waals surface area contributed by atoms with E-state index in [0.29, 0.717) is 6.04 Å². The number of para-hydroxylation sites is 2. The van der Waals surface area contributed by atoms with Crippen LogP contribution in [0, 0.1) is 5.92 Å². The molecule has 0 spiro atoms. The molecule has 2 N–H and O–H groups in total. The monoisotopic (exact) mass is 291 g/mol. The van der Waals surface area contributed by atoms with Crippen molar-refractivity contribution in [1.82, 2.24) is 0 Å². The summed E-state index contributed by atoms with van der Waals surface area (Å²) in [6.45, 7) is 2.88. The first-order valence-electron chi connectivity index (χ1n) is 7.92. The standard InChI is InChI=1S/C17H25NO3/c1-2-3-12-21-16-7-5-4-6-15(16)18-14-10-8-13(9-11-14)17(19)20/h4-7,13-14,18H,2-3,8-12H2,1H3,(H,19,20). The Labute approximate surface area is 126 Å². The maximum Gasteiger partial charge on any atom is 0.306 e. The normalized spacial score (nSPS) is 21.8. The van der Waals surface area contributed by atoms with E-state index in [1.165, 1.54) is 0 Å². The number of unbranched alkanes of at least 4 members (excludes halogenated alkanes) is 1. The average Bonchev–Trinajstić information content (AvgIpc) is 2.50. The van der Waals surface area contributed by atoms with Crippen LogP contribution in [0.3, 0.4) is 0 Å². The zero-order valence-electron chi connectivity index (χ0n) is 12.7. The Bertz CT molecular complexity index is 453. The van der Waals surface area contributed by atoms with Gasteiger partial charge < -0.3 is 15.2 Å². The molecule has 0 aromatic heterocycles. The Kier molecular flexibility index (Phi) is 5.90. The van der Waals surface area contributed by atoms with E-state index in [1.54, 1.807) is 0 Å². The lowest BCUT2D eigenvalue weighted by Gasteiger charge is -2.28. The van der Waals surface area contributed by atoms with Crippen LogP contribution in [-0.2, 0) is 4.79 Å². The lowest BCUT2D eigenvalue weighted by Crippen LogP contribution is -2.29. The molecule has 2 rings (SSSR count). The minimum atomic E-state index is -0.656. The summed E-state index contributed by atoms with van der Waals surface area (Å²) < 4.78 is 5.82. The van der Waals surface area contributed by atoms with Gasteiger partial charge in [0.25, 0.3) is 0 Å². The van der Waals surface area contributed by atoms with Crippen LogP contribution in [-0.4, -0.2) is 23.7 Å². The molecule has 0 bridgehead atoms. The Morgan fingerprint density at radius 1 is 1.29 bits per heavy atom. The number of carboxylic acids is 1. The van der Waals surface area contributed by atoms with Gasteiger partial charge in [-0.1, -0.05) is 25.5 Å². The van der Waals surface area contributed by atoms with E-state index in [0.717, 1.165) is 56.6 Å². The Balaban J connectivity index is 1.89. The molecule has 0 radical (unpaired) electrons. The van der Waals surface area contributed by atoms with E-state index in [9.17, 15) is 4.79 Å². The van der Waals surface area contributed by atoms with Gasteiger partial charge in [-0.2, -0.15) is 0 Å². The molecule has 0 amide bonds. The summed E-state index contributed by atoms with van der Waals surface area (Å²) >= 11 is 0. The third-order valence-corrected chi connectivity index (χ3v) is 4.08. The summed E-state index contributed by atoms with van der Waals surface area (Å²) in [5, 5.41) is 12.6. The lowest BCUT2D eigenvalue weighted by atomic mass is 9.86. The molecule has 1 aromatic carbocycles. The van der Waals surface area contributed by atoms with Crippen molar-refractivity contribution >= 4 is 11.7 Å². The van der Waals surface area contributed by atoms with Crippen LogP contribution in [0.5, 0.6) is 5.75 Å². The zero-order valence-corrected chi connectivity index (χ0v) is 12.7. The third-order valence-electron chi connectivity index (χ3n) is 4.08. The zero-order chi connectivity index (χ0) is 15.1. The van der Waals surface area contributed by atoms with Crippen molar-refractivity contribution in [3.8, 4) is 5.75 Å². The summed E-state index contributed by atoms with van der Waals surface area (Å²) in [6, 6.07) is 8.34. The van der Waals surface area contributed by atoms with Crippen LogP contribution < -0.4 is 10.1 Å². The molecule has 1 aliphatic rings. The minimum Gasteiger partial charge on any atom is -0.491 e. The number of anilines is 1. The van der Waals surface area contributed by atoms with Crippen molar-refractivity contribution in [3.05, 3.63) is 24.3 Å². The van der Waals surface area contributed by atoms with Gasteiger partial charge in [0, 0.05) is 6.04 Å². The van der Waals surface area contributed by atoms with E-state index >= 15 is 0 Å². The second-order valence-electron chi connectivity index (χ2n) is 5.73. The summed E-state index contributed by atoms with van der Waals surface area (Å²) in [5.41, 5.74) is 1.02. The van der Waals surface area contributed by atoms with Crippen LogP contribution in [0.2, 0.25) is 0 Å². The smallest absolute Gasteiger partial charge is 0.306 e. The number of carboxylic acid groups (broad SMARTS) is 1. The number of benzene rings is 1. The second kappa shape index (κ2) is 7.91. The molecule has 0 unspecified atom stereocenters. The first kappa shape index (κ1) is 15.7. The molecule has 21 heavy (non-hydrogen) atoms. The van der Waals surface area contributed by atoms with Crippen molar-refractivity contribution in [2.45, 2.75) is 51.5 Å². The molecular formula is C17H25NO3. The molecule has 1 fully saturated rings. The van der Waals surface area contributed by atoms with Gasteiger partial charge in [0.05, 0.1) is 18.2 Å². The van der Waals surface area contributed by atoms with Crippen LogP contribution in [0.4, 0.5) is 5.69 Å². The average molecular weight is 291 g/mol. The first-order valence-corrected chi connectivity index (χ1v) is 7.92. The highest BCUT2D eigenvalue weighted by molar-refractivity contribution is 5.70. The fraction of sp³-hybridized carbons (Fsp3) is 0.588. The van der Waals surface area contributed by atoms with Crippen LogP contribution in [0.15, 0.2) is 24.3 Å². The maximum absolute atomic E-state index is 11.0. The number of hydrogen-bond donors (Lipinski definition) is 2. The first-order chi connectivity index (χ1) is 10.2. The Hall–Kier alpha value is -1.71. The highest BCUT2D eigenvalue weighted by Gasteiger charge is 2.26. The highest BCUT2D eigenvalue weighted by Crippen LogP contribution is 2.30. The number of ether oxygens (including phenoxy) is 1. The number of rotatable bonds is 7. The van der Waals surface area contributed by atoms with Gasteiger partial charge in [-0.25, -0.2) is 0 Å². The maximum atomic E-state index is 11.0. The number of nitrogens with one attached hydrogen (secondary N) is 1. The molecule has 0 atom stereocenters. The van der Waals surface area contributed by atoms with Crippen LogP contribution >= 0.6 is 0 Å². The molecule has 1 aromatic rings.